The smallest absolute Gasteiger partial charge is 0.130 e. The predicted molar refractivity (Wildman–Crippen MR) is 54.9 cm³/mol. The van der Waals surface area contributed by atoms with Crippen LogP contribution in [0, 0.1) is 5.41 Å². The third-order valence-corrected chi connectivity index (χ3v) is 2.62. The first-order chi connectivity index (χ1) is 5.99. The number of nitrogens with zero attached hydrogens (tertiary/aromatic N) is 1. The number of carbonyl (C=O) groups excluding carboxylic acids is 1. The summed E-state index contributed by atoms with van der Waals surface area (Å²) < 4.78 is 0. The van der Waals surface area contributed by atoms with E-state index in [1.807, 2.05) is 11.6 Å². The highest BCUT2D eigenvalue weighted by atomic mass is 32.1. The Hall–Kier alpha value is -0.700. The number of ketones is 1. The molecule has 0 aliphatic heterocycles. The van der Waals surface area contributed by atoms with Crippen LogP contribution < -0.4 is 0 Å². The zero-order valence-electron chi connectivity index (χ0n) is 8.33. The van der Waals surface area contributed by atoms with E-state index in [2.05, 4.69) is 18.8 Å². The molecule has 13 heavy (non-hydrogen) atoms. The molecule has 1 heterocycles. The molecule has 0 atom stereocenters. The molecule has 2 nitrogen and oxygen atoms in total. The van der Waals surface area contributed by atoms with Gasteiger partial charge in [-0.05, 0) is 12.3 Å². The number of hydrogen-bond acceptors (Lipinski definition) is 3. The predicted octanol–water partition coefficient (Wildman–Crippen LogP) is 2.69. The highest BCUT2D eigenvalue weighted by molar-refractivity contribution is 7.09. The van der Waals surface area contributed by atoms with Gasteiger partial charge in [-0.2, -0.15) is 0 Å². The maximum Gasteiger partial charge on any atom is 0.130 e. The lowest BCUT2D eigenvalue weighted by molar-refractivity contribution is -0.118. The van der Waals surface area contributed by atoms with Crippen LogP contribution in [0.3, 0.4) is 0 Å². The summed E-state index contributed by atoms with van der Waals surface area (Å²) in [6.07, 6.45) is 3.33. The van der Waals surface area contributed by atoms with E-state index in [1.54, 1.807) is 18.3 Å². The molecule has 0 bridgehead atoms. The normalized spacial score (nSPS) is 11.6. The molecular formula is C10H15NOS. The molecule has 3 heteroatoms. The Morgan fingerprint density at radius 3 is 2.77 bits per heavy atom. The summed E-state index contributed by atoms with van der Waals surface area (Å²) in [6, 6.07) is 0. The van der Waals surface area contributed by atoms with Gasteiger partial charge in [0.15, 0.2) is 0 Å². The lowest BCUT2D eigenvalue weighted by Crippen LogP contribution is -2.18. The van der Waals surface area contributed by atoms with Crippen molar-refractivity contribution >= 4 is 17.1 Å². The zero-order chi connectivity index (χ0) is 9.90. The van der Waals surface area contributed by atoms with Crippen molar-refractivity contribution in [1.29, 1.82) is 0 Å². The maximum absolute atomic E-state index is 11.0. The fourth-order valence-corrected chi connectivity index (χ4v) is 2.36. The lowest BCUT2D eigenvalue weighted by Gasteiger charge is -2.21. The van der Waals surface area contributed by atoms with Gasteiger partial charge in [0, 0.05) is 24.4 Å². The molecule has 0 fully saturated rings. The van der Waals surface area contributed by atoms with Gasteiger partial charge in [0.25, 0.3) is 0 Å². The summed E-state index contributed by atoms with van der Waals surface area (Å²) in [5.74, 6) is 0.251. The summed E-state index contributed by atoms with van der Waals surface area (Å²) in [5, 5.41) is 3.09. The van der Waals surface area contributed by atoms with Gasteiger partial charge in [-0.3, -0.25) is 0 Å². The van der Waals surface area contributed by atoms with E-state index in [0.717, 1.165) is 11.4 Å². The summed E-state index contributed by atoms with van der Waals surface area (Å²) in [7, 11) is 0. The van der Waals surface area contributed by atoms with E-state index in [1.165, 1.54) is 0 Å². The highest BCUT2D eigenvalue weighted by Crippen LogP contribution is 2.26. The molecule has 1 aromatic rings. The van der Waals surface area contributed by atoms with Gasteiger partial charge in [-0.1, -0.05) is 13.8 Å². The molecule has 0 saturated carbocycles. The van der Waals surface area contributed by atoms with Gasteiger partial charge in [0.1, 0.15) is 5.78 Å². The van der Waals surface area contributed by atoms with Crippen molar-refractivity contribution in [2.45, 2.75) is 33.6 Å². The van der Waals surface area contributed by atoms with Crippen LogP contribution >= 0.6 is 11.3 Å². The van der Waals surface area contributed by atoms with E-state index in [0.29, 0.717) is 6.42 Å². The Morgan fingerprint density at radius 2 is 2.31 bits per heavy atom. The van der Waals surface area contributed by atoms with Gasteiger partial charge in [-0.25, -0.2) is 4.98 Å². The molecule has 0 saturated heterocycles. The van der Waals surface area contributed by atoms with Crippen LogP contribution in [0.15, 0.2) is 11.6 Å². The molecule has 0 aliphatic carbocycles. The molecule has 72 valence electrons. The second kappa shape index (κ2) is 4.01. The minimum Gasteiger partial charge on any atom is -0.300 e. The first kappa shape index (κ1) is 10.4. The second-order valence-electron chi connectivity index (χ2n) is 4.15. The van der Waals surface area contributed by atoms with E-state index in [-0.39, 0.29) is 11.2 Å². The van der Waals surface area contributed by atoms with Gasteiger partial charge in [0.2, 0.25) is 0 Å². The van der Waals surface area contributed by atoms with Crippen molar-refractivity contribution < 1.29 is 4.79 Å². The van der Waals surface area contributed by atoms with Gasteiger partial charge in [-0.15, -0.1) is 11.3 Å². The minimum atomic E-state index is 0.0453. The molecule has 0 aromatic carbocycles. The van der Waals surface area contributed by atoms with E-state index >= 15 is 0 Å². The average molecular weight is 197 g/mol. The molecule has 0 amide bonds. The highest BCUT2D eigenvalue weighted by Gasteiger charge is 2.21. The first-order valence-corrected chi connectivity index (χ1v) is 5.25. The summed E-state index contributed by atoms with van der Waals surface area (Å²) in [4.78, 5) is 15.2. The molecule has 0 aliphatic rings. The van der Waals surface area contributed by atoms with Crippen LogP contribution in [0.1, 0.15) is 32.2 Å². The van der Waals surface area contributed by atoms with Crippen molar-refractivity contribution in [3.63, 3.8) is 0 Å². The molecule has 1 rings (SSSR count). The Balaban J connectivity index is 2.56. The van der Waals surface area contributed by atoms with Gasteiger partial charge >= 0.3 is 0 Å². The Bertz CT molecular complexity index is 277. The van der Waals surface area contributed by atoms with Crippen molar-refractivity contribution in [2.75, 3.05) is 0 Å². The van der Waals surface area contributed by atoms with Crippen LogP contribution in [0.2, 0.25) is 0 Å². The van der Waals surface area contributed by atoms with Gasteiger partial charge < -0.3 is 4.79 Å². The van der Waals surface area contributed by atoms with Crippen LogP contribution in [0.4, 0.5) is 0 Å². The van der Waals surface area contributed by atoms with Crippen molar-refractivity contribution in [1.82, 2.24) is 4.98 Å². The molecule has 0 unspecified atom stereocenters. The Morgan fingerprint density at radius 1 is 1.62 bits per heavy atom. The topological polar surface area (TPSA) is 30.0 Å². The molecular weight excluding hydrogens is 182 g/mol. The number of thiazole rings is 1. The fraction of sp³-hybridized carbons (Fsp3) is 0.600. The number of rotatable bonds is 4. The standard InChI is InChI=1S/C10H15NOS/c1-8(12)6-10(2,3)7-9-11-4-5-13-9/h4-5H,6-7H2,1-3H3. The SMILES string of the molecule is CC(=O)CC(C)(C)Cc1nccs1. The third-order valence-electron chi connectivity index (χ3n) is 1.84. The van der Waals surface area contributed by atoms with Crippen molar-refractivity contribution in [2.24, 2.45) is 5.41 Å². The number of hydrogen-bond donors (Lipinski definition) is 0. The Kier molecular flexibility index (Phi) is 3.20. The van der Waals surface area contributed by atoms with Gasteiger partial charge in [0.05, 0.1) is 5.01 Å². The maximum atomic E-state index is 11.0. The molecule has 0 spiro atoms. The van der Waals surface area contributed by atoms with E-state index in [4.69, 9.17) is 0 Å². The quantitative estimate of drug-likeness (QED) is 0.742. The zero-order valence-corrected chi connectivity index (χ0v) is 9.15. The van der Waals surface area contributed by atoms with Crippen molar-refractivity contribution in [3.05, 3.63) is 16.6 Å². The van der Waals surface area contributed by atoms with Crippen LogP contribution in [-0.2, 0) is 11.2 Å². The third kappa shape index (κ3) is 3.68. The van der Waals surface area contributed by atoms with E-state index < -0.39 is 0 Å². The minimum absolute atomic E-state index is 0.0453. The van der Waals surface area contributed by atoms with Crippen LogP contribution in [0.5, 0.6) is 0 Å². The number of carbonyl (C=O) groups is 1. The number of Topliss-reactive ketones (excluding diaryl/α,β-unsaturated/α-hetero) is 1. The summed E-state index contributed by atoms with van der Waals surface area (Å²) in [6.45, 7) is 5.86. The molecule has 1 aromatic heterocycles. The van der Waals surface area contributed by atoms with Crippen molar-refractivity contribution in [3.8, 4) is 0 Å². The fourth-order valence-electron chi connectivity index (χ4n) is 1.49. The second-order valence-corrected chi connectivity index (χ2v) is 5.12. The molecule has 0 radical (unpaired) electrons. The average Bonchev–Trinajstić information content (AvgIpc) is 2.34. The lowest BCUT2D eigenvalue weighted by atomic mass is 9.84. The summed E-state index contributed by atoms with van der Waals surface area (Å²) >= 11 is 1.65. The summed E-state index contributed by atoms with van der Waals surface area (Å²) in [5.41, 5.74) is 0.0453. The van der Waals surface area contributed by atoms with Crippen LogP contribution in [-0.4, -0.2) is 10.8 Å². The van der Waals surface area contributed by atoms with E-state index in [9.17, 15) is 4.79 Å². The van der Waals surface area contributed by atoms with Crippen LogP contribution in [0.25, 0.3) is 0 Å². The molecule has 0 N–H and O–H groups in total. The number of aromatic nitrogens is 1. The first-order valence-electron chi connectivity index (χ1n) is 4.37. The largest absolute Gasteiger partial charge is 0.300 e. The Labute approximate surface area is 83.0 Å². The monoisotopic (exact) mass is 197 g/mol.